The van der Waals surface area contributed by atoms with Crippen LogP contribution in [0.2, 0.25) is 0 Å². The zero-order valence-corrected chi connectivity index (χ0v) is 11.9. The number of carbonyl (C=O) groups is 1. The van der Waals surface area contributed by atoms with E-state index in [0.717, 1.165) is 17.0 Å². The number of thioether (sulfide) groups is 1. The number of anilines is 1. The summed E-state index contributed by atoms with van der Waals surface area (Å²) in [5.74, 6) is -1.64. The van der Waals surface area contributed by atoms with Crippen LogP contribution in [0.15, 0.2) is 60.0 Å². The zero-order valence-electron chi connectivity index (χ0n) is 11.1. The van der Waals surface area contributed by atoms with Crippen molar-refractivity contribution >= 4 is 23.4 Å². The molecule has 0 saturated heterocycles. The van der Waals surface area contributed by atoms with Crippen molar-refractivity contribution in [3.8, 4) is 0 Å². The highest BCUT2D eigenvalue weighted by Crippen LogP contribution is 2.24. The molecular formula is C16H13F2NOS. The van der Waals surface area contributed by atoms with Crippen molar-refractivity contribution < 1.29 is 13.6 Å². The Bertz CT molecular complexity index is 673. The van der Waals surface area contributed by atoms with Crippen molar-refractivity contribution in [2.45, 2.75) is 4.90 Å². The Kier molecular flexibility index (Phi) is 5.11. The fourth-order valence-electron chi connectivity index (χ4n) is 1.70. The van der Waals surface area contributed by atoms with Crippen LogP contribution in [-0.4, -0.2) is 11.7 Å². The highest BCUT2D eigenvalue weighted by molar-refractivity contribution is 7.99. The highest BCUT2D eigenvalue weighted by atomic mass is 32.2. The van der Waals surface area contributed by atoms with Crippen molar-refractivity contribution in [2.75, 3.05) is 11.1 Å². The number of amides is 1. The molecule has 0 aliphatic heterocycles. The van der Waals surface area contributed by atoms with E-state index in [0.29, 0.717) is 11.3 Å². The van der Waals surface area contributed by atoms with E-state index in [4.69, 9.17) is 0 Å². The van der Waals surface area contributed by atoms with Crippen LogP contribution in [0.5, 0.6) is 0 Å². The lowest BCUT2D eigenvalue weighted by atomic mass is 10.2. The molecule has 0 unspecified atom stereocenters. The first-order chi connectivity index (χ1) is 10.1. The molecular weight excluding hydrogens is 292 g/mol. The van der Waals surface area contributed by atoms with Crippen LogP contribution in [0.3, 0.4) is 0 Å². The molecule has 1 N–H and O–H groups in total. The molecule has 2 rings (SSSR count). The third kappa shape index (κ3) is 3.92. The molecule has 5 heteroatoms. The molecule has 0 spiro atoms. The number of rotatable bonds is 5. The molecule has 0 bridgehead atoms. The zero-order chi connectivity index (χ0) is 15.2. The number of benzene rings is 2. The molecule has 1 amide bonds. The van der Waals surface area contributed by atoms with Gasteiger partial charge in [0.25, 0.3) is 5.91 Å². The molecule has 0 radical (unpaired) electrons. The first-order valence-corrected chi connectivity index (χ1v) is 7.19. The molecule has 0 atom stereocenters. The summed E-state index contributed by atoms with van der Waals surface area (Å²) in [6.07, 6.45) is 1.74. The van der Waals surface area contributed by atoms with Gasteiger partial charge in [0.1, 0.15) is 0 Å². The second-order valence-electron chi connectivity index (χ2n) is 4.18. The summed E-state index contributed by atoms with van der Waals surface area (Å²) < 4.78 is 26.0. The third-order valence-corrected chi connectivity index (χ3v) is 3.74. The Morgan fingerprint density at radius 1 is 1.19 bits per heavy atom. The number of hydrogen-bond acceptors (Lipinski definition) is 2. The predicted molar refractivity (Wildman–Crippen MR) is 81.7 cm³/mol. The largest absolute Gasteiger partial charge is 0.322 e. The van der Waals surface area contributed by atoms with Gasteiger partial charge in [-0.05, 0) is 24.3 Å². The first-order valence-electron chi connectivity index (χ1n) is 6.21. The van der Waals surface area contributed by atoms with E-state index >= 15 is 0 Å². The van der Waals surface area contributed by atoms with E-state index in [1.165, 1.54) is 17.8 Å². The second-order valence-corrected chi connectivity index (χ2v) is 5.24. The summed E-state index contributed by atoms with van der Waals surface area (Å²) >= 11 is 1.48. The Labute approximate surface area is 125 Å². The summed E-state index contributed by atoms with van der Waals surface area (Å²) in [7, 11) is 0. The molecule has 0 aliphatic carbocycles. The molecule has 2 aromatic carbocycles. The maximum atomic E-state index is 13.1. The molecule has 21 heavy (non-hydrogen) atoms. The summed E-state index contributed by atoms with van der Waals surface area (Å²) in [5, 5.41) is 2.56. The van der Waals surface area contributed by atoms with Gasteiger partial charge in [0, 0.05) is 22.4 Å². The maximum Gasteiger partial charge on any atom is 0.256 e. The van der Waals surface area contributed by atoms with Crippen LogP contribution in [-0.2, 0) is 0 Å². The second kappa shape index (κ2) is 7.04. The van der Waals surface area contributed by atoms with Crippen LogP contribution in [0.1, 0.15) is 10.4 Å². The number of nitrogens with one attached hydrogen (secondary N) is 1. The monoisotopic (exact) mass is 305 g/mol. The fraction of sp³-hybridized carbons (Fsp3) is 0.0625. The van der Waals surface area contributed by atoms with Crippen molar-refractivity contribution in [3.05, 3.63) is 72.3 Å². The van der Waals surface area contributed by atoms with E-state index in [1.54, 1.807) is 18.2 Å². The van der Waals surface area contributed by atoms with E-state index in [2.05, 4.69) is 11.9 Å². The SMILES string of the molecule is C=CCSc1ccccc1C(=O)Nc1ccc(F)c(F)c1. The lowest BCUT2D eigenvalue weighted by Crippen LogP contribution is -2.13. The Morgan fingerprint density at radius 2 is 1.95 bits per heavy atom. The lowest BCUT2D eigenvalue weighted by molar-refractivity contribution is 0.102. The Balaban J connectivity index is 2.19. The van der Waals surface area contributed by atoms with Crippen molar-refractivity contribution in [3.63, 3.8) is 0 Å². The standard InChI is InChI=1S/C16H13F2NOS/c1-2-9-21-15-6-4-3-5-12(15)16(20)19-11-7-8-13(17)14(18)10-11/h2-8,10H,1,9H2,(H,19,20). The molecule has 2 nitrogen and oxygen atoms in total. The molecule has 0 aliphatic rings. The van der Waals surface area contributed by atoms with E-state index < -0.39 is 11.6 Å². The molecule has 108 valence electrons. The van der Waals surface area contributed by atoms with Gasteiger partial charge in [-0.15, -0.1) is 18.3 Å². The van der Waals surface area contributed by atoms with Gasteiger partial charge in [0.05, 0.1) is 5.56 Å². The van der Waals surface area contributed by atoms with Crippen molar-refractivity contribution in [2.24, 2.45) is 0 Å². The Morgan fingerprint density at radius 3 is 2.67 bits per heavy atom. The normalized spacial score (nSPS) is 10.2. The van der Waals surface area contributed by atoms with Gasteiger partial charge in [-0.2, -0.15) is 0 Å². The smallest absolute Gasteiger partial charge is 0.256 e. The average molecular weight is 305 g/mol. The van der Waals surface area contributed by atoms with Gasteiger partial charge in [-0.1, -0.05) is 18.2 Å². The highest BCUT2D eigenvalue weighted by Gasteiger charge is 2.12. The van der Waals surface area contributed by atoms with Gasteiger partial charge in [0.2, 0.25) is 0 Å². The van der Waals surface area contributed by atoms with Gasteiger partial charge in [-0.3, -0.25) is 4.79 Å². The van der Waals surface area contributed by atoms with Crippen LogP contribution in [0.4, 0.5) is 14.5 Å². The summed E-state index contributed by atoms with van der Waals surface area (Å²) in [4.78, 5) is 13.0. The molecule has 0 fully saturated rings. The maximum absolute atomic E-state index is 13.1. The van der Waals surface area contributed by atoms with Gasteiger partial charge in [-0.25, -0.2) is 8.78 Å². The molecule has 2 aromatic rings. The van der Waals surface area contributed by atoms with Crippen LogP contribution in [0, 0.1) is 11.6 Å². The van der Waals surface area contributed by atoms with Gasteiger partial charge < -0.3 is 5.32 Å². The quantitative estimate of drug-likeness (QED) is 0.651. The molecule has 0 heterocycles. The summed E-state index contributed by atoms with van der Waals surface area (Å²) in [6, 6.07) is 10.3. The minimum Gasteiger partial charge on any atom is -0.322 e. The molecule has 0 aromatic heterocycles. The van der Waals surface area contributed by atoms with E-state index in [1.807, 2.05) is 12.1 Å². The van der Waals surface area contributed by atoms with E-state index in [-0.39, 0.29) is 11.6 Å². The number of carbonyl (C=O) groups excluding carboxylic acids is 1. The minimum atomic E-state index is -0.998. The van der Waals surface area contributed by atoms with Crippen LogP contribution in [0.25, 0.3) is 0 Å². The fourth-order valence-corrected chi connectivity index (χ4v) is 2.49. The Hall–Kier alpha value is -2.14. The van der Waals surface area contributed by atoms with Crippen LogP contribution >= 0.6 is 11.8 Å². The predicted octanol–water partition coefficient (Wildman–Crippen LogP) is 4.50. The average Bonchev–Trinajstić information content (AvgIpc) is 2.49. The van der Waals surface area contributed by atoms with Crippen molar-refractivity contribution in [1.29, 1.82) is 0 Å². The number of halogens is 2. The number of hydrogen-bond donors (Lipinski definition) is 1. The lowest BCUT2D eigenvalue weighted by Gasteiger charge is -2.09. The summed E-state index contributed by atoms with van der Waals surface area (Å²) in [6.45, 7) is 3.64. The third-order valence-electron chi connectivity index (χ3n) is 2.67. The van der Waals surface area contributed by atoms with Crippen molar-refractivity contribution in [1.82, 2.24) is 0 Å². The van der Waals surface area contributed by atoms with E-state index in [9.17, 15) is 13.6 Å². The minimum absolute atomic E-state index is 0.211. The van der Waals surface area contributed by atoms with Crippen LogP contribution < -0.4 is 5.32 Å². The van der Waals surface area contributed by atoms with Gasteiger partial charge >= 0.3 is 0 Å². The topological polar surface area (TPSA) is 29.1 Å². The molecule has 0 saturated carbocycles. The van der Waals surface area contributed by atoms with Gasteiger partial charge in [0.15, 0.2) is 11.6 Å². The first kappa shape index (κ1) is 15.3. The summed E-state index contributed by atoms with van der Waals surface area (Å²) in [5.41, 5.74) is 0.691.